The first kappa shape index (κ1) is 22.0. The highest BCUT2D eigenvalue weighted by Gasteiger charge is 2.18. The number of hydrogen-bond donors (Lipinski definition) is 0. The average Bonchev–Trinajstić information content (AvgIpc) is 3.19. The number of pyridine rings is 1. The summed E-state index contributed by atoms with van der Waals surface area (Å²) in [4.78, 5) is 30.7. The molecule has 7 heteroatoms. The van der Waals surface area contributed by atoms with E-state index in [0.717, 1.165) is 39.0 Å². The van der Waals surface area contributed by atoms with Gasteiger partial charge in [-0.3, -0.25) is 9.59 Å². The number of aromatic nitrogens is 3. The van der Waals surface area contributed by atoms with Gasteiger partial charge in [-0.15, -0.1) is 0 Å². The van der Waals surface area contributed by atoms with E-state index in [2.05, 4.69) is 11.1 Å². The Morgan fingerprint density at radius 1 is 0.971 bits per heavy atom. The molecule has 1 aliphatic rings. The highest BCUT2D eigenvalue weighted by Crippen LogP contribution is 2.31. The summed E-state index contributed by atoms with van der Waals surface area (Å²) < 4.78 is 7.11. The lowest BCUT2D eigenvalue weighted by Crippen LogP contribution is -2.40. The number of ketones is 1. The van der Waals surface area contributed by atoms with Crippen molar-refractivity contribution in [2.75, 3.05) is 26.3 Å². The van der Waals surface area contributed by atoms with E-state index in [1.807, 2.05) is 60.5 Å². The van der Waals surface area contributed by atoms with Crippen LogP contribution in [0.4, 0.5) is 0 Å². The van der Waals surface area contributed by atoms with Crippen LogP contribution in [0.3, 0.4) is 0 Å². The van der Waals surface area contributed by atoms with Crippen LogP contribution in [-0.2, 0) is 23.0 Å². The summed E-state index contributed by atoms with van der Waals surface area (Å²) >= 11 is 0. The van der Waals surface area contributed by atoms with Gasteiger partial charge in [-0.1, -0.05) is 30.3 Å². The SMILES string of the molecule is CC(=O)Cc1cnc2c(c1)c(-c1cccc(-c3ccc(C(=O)N4CCOCC4)cc3)c1)nn2C. The van der Waals surface area contributed by atoms with E-state index >= 15 is 0 Å². The molecule has 0 bridgehead atoms. The first-order chi connectivity index (χ1) is 16.5. The molecule has 2 aromatic heterocycles. The van der Waals surface area contributed by atoms with Crippen LogP contribution in [0.2, 0.25) is 0 Å². The molecule has 4 aromatic rings. The van der Waals surface area contributed by atoms with Crippen molar-refractivity contribution in [3.8, 4) is 22.4 Å². The number of benzene rings is 2. The maximum Gasteiger partial charge on any atom is 0.254 e. The van der Waals surface area contributed by atoms with Crippen molar-refractivity contribution >= 4 is 22.7 Å². The number of fused-ring (bicyclic) bond motifs is 1. The lowest BCUT2D eigenvalue weighted by molar-refractivity contribution is -0.116. The van der Waals surface area contributed by atoms with Crippen LogP contribution in [-0.4, -0.2) is 57.7 Å². The minimum absolute atomic E-state index is 0.0393. The fourth-order valence-electron chi connectivity index (χ4n) is 4.38. The number of morpholine rings is 1. The van der Waals surface area contributed by atoms with Crippen LogP contribution in [0.5, 0.6) is 0 Å². The molecule has 1 fully saturated rings. The van der Waals surface area contributed by atoms with E-state index < -0.39 is 0 Å². The quantitative estimate of drug-likeness (QED) is 0.457. The Morgan fingerprint density at radius 3 is 2.44 bits per heavy atom. The molecule has 0 aliphatic carbocycles. The van der Waals surface area contributed by atoms with Crippen molar-refractivity contribution in [2.45, 2.75) is 13.3 Å². The third-order valence-electron chi connectivity index (χ3n) is 6.09. The summed E-state index contributed by atoms with van der Waals surface area (Å²) in [6.07, 6.45) is 2.10. The predicted molar refractivity (Wildman–Crippen MR) is 130 cm³/mol. The van der Waals surface area contributed by atoms with Crippen molar-refractivity contribution in [3.05, 3.63) is 71.9 Å². The minimum Gasteiger partial charge on any atom is -0.378 e. The Bertz CT molecular complexity index is 1370. The molecule has 0 atom stereocenters. The Labute approximate surface area is 198 Å². The second-order valence-electron chi connectivity index (χ2n) is 8.63. The Morgan fingerprint density at radius 2 is 1.71 bits per heavy atom. The summed E-state index contributed by atoms with van der Waals surface area (Å²) in [6, 6.07) is 17.9. The number of hydrogen-bond acceptors (Lipinski definition) is 5. The summed E-state index contributed by atoms with van der Waals surface area (Å²) in [5, 5.41) is 5.63. The number of ether oxygens (including phenoxy) is 1. The molecule has 2 aromatic carbocycles. The van der Waals surface area contributed by atoms with Gasteiger partial charge in [-0.2, -0.15) is 5.10 Å². The summed E-state index contributed by atoms with van der Waals surface area (Å²) in [5.74, 6) is 0.140. The Balaban J connectivity index is 1.45. The minimum atomic E-state index is 0.0393. The number of carbonyl (C=O) groups is 2. The highest BCUT2D eigenvalue weighted by molar-refractivity contribution is 5.95. The molecule has 0 spiro atoms. The molecule has 0 radical (unpaired) electrons. The molecule has 7 nitrogen and oxygen atoms in total. The number of Topliss-reactive ketones (excluding diaryl/α,β-unsaturated/α-hetero) is 1. The molecule has 0 N–H and O–H groups in total. The summed E-state index contributed by atoms with van der Waals surface area (Å²) in [5.41, 5.74) is 6.20. The Kier molecular flexibility index (Phi) is 5.94. The van der Waals surface area contributed by atoms with E-state index in [1.165, 1.54) is 0 Å². The van der Waals surface area contributed by atoms with Gasteiger partial charge in [0, 0.05) is 49.3 Å². The first-order valence-corrected chi connectivity index (χ1v) is 11.4. The maximum absolute atomic E-state index is 12.7. The topological polar surface area (TPSA) is 77.3 Å². The highest BCUT2D eigenvalue weighted by atomic mass is 16.5. The van der Waals surface area contributed by atoms with Gasteiger partial charge in [0.05, 0.1) is 13.2 Å². The van der Waals surface area contributed by atoms with Gasteiger partial charge in [-0.25, -0.2) is 9.67 Å². The molecule has 0 unspecified atom stereocenters. The van der Waals surface area contributed by atoms with Crippen LogP contribution >= 0.6 is 0 Å². The number of nitrogens with zero attached hydrogens (tertiary/aromatic N) is 4. The molecule has 34 heavy (non-hydrogen) atoms. The van der Waals surface area contributed by atoms with Gasteiger partial charge >= 0.3 is 0 Å². The standard InChI is InChI=1S/C27H26N4O3/c1-18(32)14-19-15-24-25(29-30(2)26(24)28-17-19)23-5-3-4-22(16-23)20-6-8-21(9-7-20)27(33)31-10-12-34-13-11-31/h3-9,15-17H,10-14H2,1-2H3. The van der Waals surface area contributed by atoms with E-state index in [-0.39, 0.29) is 11.7 Å². The number of rotatable bonds is 5. The predicted octanol–water partition coefficient (Wildman–Crippen LogP) is 3.91. The molecule has 1 saturated heterocycles. The second-order valence-corrected chi connectivity index (χ2v) is 8.63. The monoisotopic (exact) mass is 454 g/mol. The molecular weight excluding hydrogens is 428 g/mol. The van der Waals surface area contributed by atoms with Crippen molar-refractivity contribution in [1.82, 2.24) is 19.7 Å². The number of amides is 1. The van der Waals surface area contributed by atoms with Crippen molar-refractivity contribution < 1.29 is 14.3 Å². The van der Waals surface area contributed by atoms with Gasteiger partial charge in [-0.05, 0) is 47.9 Å². The van der Waals surface area contributed by atoms with Gasteiger partial charge < -0.3 is 9.64 Å². The fourth-order valence-corrected chi connectivity index (χ4v) is 4.38. The molecule has 3 heterocycles. The van der Waals surface area contributed by atoms with Gasteiger partial charge in [0.25, 0.3) is 5.91 Å². The average molecular weight is 455 g/mol. The van der Waals surface area contributed by atoms with Crippen molar-refractivity contribution in [1.29, 1.82) is 0 Å². The van der Waals surface area contributed by atoms with Gasteiger partial charge in [0.15, 0.2) is 5.65 Å². The van der Waals surface area contributed by atoms with E-state index in [0.29, 0.717) is 38.3 Å². The molecule has 1 aliphatic heterocycles. The van der Waals surface area contributed by atoms with Crippen LogP contribution in [0, 0.1) is 0 Å². The number of carbonyl (C=O) groups excluding carboxylic acids is 2. The lowest BCUT2D eigenvalue weighted by Gasteiger charge is -2.26. The van der Waals surface area contributed by atoms with E-state index in [1.54, 1.807) is 17.8 Å². The molecule has 172 valence electrons. The largest absolute Gasteiger partial charge is 0.378 e. The molecule has 1 amide bonds. The van der Waals surface area contributed by atoms with Crippen LogP contribution in [0.25, 0.3) is 33.4 Å². The summed E-state index contributed by atoms with van der Waals surface area (Å²) in [7, 11) is 1.87. The zero-order valence-electron chi connectivity index (χ0n) is 19.3. The molecular formula is C27H26N4O3. The van der Waals surface area contributed by atoms with Gasteiger partial charge in [0.2, 0.25) is 0 Å². The van der Waals surface area contributed by atoms with Crippen molar-refractivity contribution in [2.24, 2.45) is 7.05 Å². The van der Waals surface area contributed by atoms with Crippen LogP contribution in [0.15, 0.2) is 60.8 Å². The third kappa shape index (κ3) is 4.34. The normalized spacial score (nSPS) is 13.9. The van der Waals surface area contributed by atoms with Crippen molar-refractivity contribution in [3.63, 3.8) is 0 Å². The van der Waals surface area contributed by atoms with Crippen LogP contribution in [0.1, 0.15) is 22.8 Å². The zero-order chi connectivity index (χ0) is 23.7. The third-order valence-corrected chi connectivity index (χ3v) is 6.09. The maximum atomic E-state index is 12.7. The van der Waals surface area contributed by atoms with Gasteiger partial charge in [0.1, 0.15) is 11.5 Å². The zero-order valence-corrected chi connectivity index (χ0v) is 19.3. The molecule has 5 rings (SSSR count). The van der Waals surface area contributed by atoms with E-state index in [9.17, 15) is 9.59 Å². The fraction of sp³-hybridized carbons (Fsp3) is 0.259. The first-order valence-electron chi connectivity index (χ1n) is 11.4. The summed E-state index contributed by atoms with van der Waals surface area (Å²) in [6.45, 7) is 4.01. The molecule has 0 saturated carbocycles. The lowest BCUT2D eigenvalue weighted by atomic mass is 9.99. The Hall–Kier alpha value is -3.84. The smallest absolute Gasteiger partial charge is 0.254 e. The second kappa shape index (κ2) is 9.19. The van der Waals surface area contributed by atoms with Crippen LogP contribution < -0.4 is 0 Å². The number of aryl methyl sites for hydroxylation is 1. The van der Waals surface area contributed by atoms with E-state index in [4.69, 9.17) is 9.84 Å².